The van der Waals surface area contributed by atoms with Crippen LogP contribution in [0, 0.1) is 20.8 Å². The van der Waals surface area contributed by atoms with Crippen LogP contribution in [0.4, 0.5) is 0 Å². The second-order valence-corrected chi connectivity index (χ2v) is 5.61. The van der Waals surface area contributed by atoms with Crippen LogP contribution in [0.25, 0.3) is 11.3 Å². The topological polar surface area (TPSA) is 38.1 Å². The van der Waals surface area contributed by atoms with Gasteiger partial charge in [0, 0.05) is 24.2 Å². The first kappa shape index (κ1) is 12.4. The van der Waals surface area contributed by atoms with Crippen molar-refractivity contribution in [3.63, 3.8) is 0 Å². The van der Waals surface area contributed by atoms with Gasteiger partial charge in [-0.05, 0) is 44.7 Å². The molecule has 1 aromatic carbocycles. The molecule has 0 unspecified atom stereocenters. The zero-order chi connectivity index (χ0) is 13.4. The Morgan fingerprint density at radius 1 is 1.16 bits per heavy atom. The molecule has 3 rings (SSSR count). The lowest BCUT2D eigenvalue weighted by Crippen LogP contribution is -2.15. The molecule has 1 saturated carbocycles. The molecular weight excluding hydrogens is 236 g/mol. The Bertz CT molecular complexity index is 574. The molecule has 19 heavy (non-hydrogen) atoms. The van der Waals surface area contributed by atoms with Crippen molar-refractivity contribution in [1.82, 2.24) is 10.5 Å². The van der Waals surface area contributed by atoms with Crippen molar-refractivity contribution in [1.29, 1.82) is 0 Å². The number of hydrogen-bond donors (Lipinski definition) is 1. The second kappa shape index (κ2) is 4.82. The fourth-order valence-corrected chi connectivity index (χ4v) is 2.62. The summed E-state index contributed by atoms with van der Waals surface area (Å²) in [6, 6.07) is 7.13. The Balaban J connectivity index is 1.85. The zero-order valence-corrected chi connectivity index (χ0v) is 11.8. The third-order valence-electron chi connectivity index (χ3n) is 3.63. The van der Waals surface area contributed by atoms with Crippen LogP contribution < -0.4 is 5.32 Å². The molecule has 2 aromatic rings. The highest BCUT2D eigenvalue weighted by atomic mass is 16.5. The average molecular weight is 256 g/mol. The summed E-state index contributed by atoms with van der Waals surface area (Å²) >= 11 is 0. The van der Waals surface area contributed by atoms with Crippen molar-refractivity contribution in [3.8, 4) is 11.3 Å². The molecule has 0 radical (unpaired) electrons. The SMILES string of the molecule is Cc1cc(C)c(-c2cc(CNC3CC3)no2)c(C)c1. The van der Waals surface area contributed by atoms with Crippen molar-refractivity contribution >= 4 is 0 Å². The van der Waals surface area contributed by atoms with Crippen LogP contribution in [-0.4, -0.2) is 11.2 Å². The van der Waals surface area contributed by atoms with E-state index in [0.29, 0.717) is 6.04 Å². The minimum atomic E-state index is 0.697. The maximum absolute atomic E-state index is 5.51. The van der Waals surface area contributed by atoms with Crippen LogP contribution in [0.1, 0.15) is 35.2 Å². The van der Waals surface area contributed by atoms with Gasteiger partial charge in [0.1, 0.15) is 0 Å². The van der Waals surface area contributed by atoms with Crippen LogP contribution in [0.3, 0.4) is 0 Å². The average Bonchev–Trinajstić information content (AvgIpc) is 3.05. The Morgan fingerprint density at radius 2 is 1.84 bits per heavy atom. The van der Waals surface area contributed by atoms with Gasteiger partial charge in [-0.2, -0.15) is 0 Å². The highest BCUT2D eigenvalue weighted by Gasteiger charge is 2.21. The number of rotatable bonds is 4. The van der Waals surface area contributed by atoms with E-state index in [4.69, 9.17) is 4.52 Å². The van der Waals surface area contributed by atoms with E-state index in [-0.39, 0.29) is 0 Å². The highest BCUT2D eigenvalue weighted by molar-refractivity contribution is 5.66. The Hall–Kier alpha value is -1.61. The smallest absolute Gasteiger partial charge is 0.167 e. The Labute approximate surface area is 114 Å². The van der Waals surface area contributed by atoms with E-state index in [1.807, 2.05) is 0 Å². The van der Waals surface area contributed by atoms with Crippen LogP contribution in [0.2, 0.25) is 0 Å². The molecule has 0 atom stereocenters. The van der Waals surface area contributed by atoms with Gasteiger partial charge in [0.15, 0.2) is 5.76 Å². The standard InChI is InChI=1S/C16H20N2O/c1-10-6-11(2)16(12(3)7-10)15-8-14(18-19-15)9-17-13-4-5-13/h6-8,13,17H,4-5,9H2,1-3H3. The normalized spacial score (nSPS) is 14.9. The van der Waals surface area contributed by atoms with Crippen LogP contribution in [0.5, 0.6) is 0 Å². The summed E-state index contributed by atoms with van der Waals surface area (Å²) in [5, 5.41) is 7.61. The van der Waals surface area contributed by atoms with Crippen LogP contribution in [-0.2, 0) is 6.54 Å². The molecule has 1 aliphatic rings. The molecule has 3 heteroatoms. The lowest BCUT2D eigenvalue weighted by Gasteiger charge is -2.07. The summed E-state index contributed by atoms with van der Waals surface area (Å²) in [7, 11) is 0. The van der Waals surface area contributed by atoms with Crippen LogP contribution >= 0.6 is 0 Å². The van der Waals surface area contributed by atoms with E-state index < -0.39 is 0 Å². The summed E-state index contributed by atoms with van der Waals surface area (Å²) in [6.45, 7) is 7.17. The number of nitrogens with zero attached hydrogens (tertiary/aromatic N) is 1. The van der Waals surface area contributed by atoms with Gasteiger partial charge in [-0.1, -0.05) is 22.9 Å². The van der Waals surface area contributed by atoms with Gasteiger partial charge in [0.25, 0.3) is 0 Å². The number of hydrogen-bond acceptors (Lipinski definition) is 3. The van der Waals surface area contributed by atoms with Crippen molar-refractivity contribution < 1.29 is 4.52 Å². The quantitative estimate of drug-likeness (QED) is 0.909. The fraction of sp³-hybridized carbons (Fsp3) is 0.438. The van der Waals surface area contributed by atoms with E-state index in [9.17, 15) is 0 Å². The summed E-state index contributed by atoms with van der Waals surface area (Å²) in [6.07, 6.45) is 2.59. The predicted octanol–water partition coefficient (Wildman–Crippen LogP) is 3.52. The summed E-state index contributed by atoms with van der Waals surface area (Å²) in [5.74, 6) is 0.877. The maximum atomic E-state index is 5.51. The molecule has 1 aliphatic carbocycles. The molecule has 0 aliphatic heterocycles. The number of nitrogens with one attached hydrogen (secondary N) is 1. The van der Waals surface area contributed by atoms with E-state index in [1.54, 1.807) is 0 Å². The summed E-state index contributed by atoms with van der Waals surface area (Å²) < 4.78 is 5.51. The Kier molecular flexibility index (Phi) is 3.15. The summed E-state index contributed by atoms with van der Waals surface area (Å²) in [5.41, 5.74) is 5.94. The van der Waals surface area contributed by atoms with Gasteiger partial charge in [-0.25, -0.2) is 0 Å². The molecule has 100 valence electrons. The molecular formula is C16H20N2O. The fourth-order valence-electron chi connectivity index (χ4n) is 2.62. The first-order chi connectivity index (χ1) is 9.13. The minimum Gasteiger partial charge on any atom is -0.356 e. The predicted molar refractivity (Wildman–Crippen MR) is 76.0 cm³/mol. The molecule has 1 fully saturated rings. The van der Waals surface area contributed by atoms with E-state index in [0.717, 1.165) is 18.0 Å². The zero-order valence-electron chi connectivity index (χ0n) is 11.8. The number of aryl methyl sites for hydroxylation is 3. The first-order valence-electron chi connectivity index (χ1n) is 6.90. The third-order valence-corrected chi connectivity index (χ3v) is 3.63. The Morgan fingerprint density at radius 3 is 2.47 bits per heavy atom. The van der Waals surface area contributed by atoms with Gasteiger partial charge in [0.2, 0.25) is 0 Å². The van der Waals surface area contributed by atoms with Crippen LogP contribution in [0.15, 0.2) is 22.7 Å². The summed E-state index contributed by atoms with van der Waals surface area (Å²) in [4.78, 5) is 0. The van der Waals surface area contributed by atoms with Crippen molar-refractivity contribution in [2.75, 3.05) is 0 Å². The van der Waals surface area contributed by atoms with Gasteiger partial charge in [-0.3, -0.25) is 0 Å². The van der Waals surface area contributed by atoms with E-state index in [2.05, 4.69) is 49.4 Å². The van der Waals surface area contributed by atoms with Crippen molar-refractivity contribution in [2.45, 2.75) is 46.2 Å². The lowest BCUT2D eigenvalue weighted by atomic mass is 9.98. The molecule has 1 N–H and O–H groups in total. The van der Waals surface area contributed by atoms with Gasteiger partial charge in [-0.15, -0.1) is 0 Å². The molecule has 1 aromatic heterocycles. The molecule has 0 bridgehead atoms. The molecule has 3 nitrogen and oxygen atoms in total. The van der Waals surface area contributed by atoms with Gasteiger partial charge < -0.3 is 9.84 Å². The molecule has 1 heterocycles. The lowest BCUT2D eigenvalue weighted by molar-refractivity contribution is 0.419. The third kappa shape index (κ3) is 2.71. The minimum absolute atomic E-state index is 0.697. The monoisotopic (exact) mass is 256 g/mol. The maximum Gasteiger partial charge on any atom is 0.167 e. The van der Waals surface area contributed by atoms with Gasteiger partial charge in [0.05, 0.1) is 5.69 Å². The van der Waals surface area contributed by atoms with E-state index in [1.165, 1.54) is 35.1 Å². The van der Waals surface area contributed by atoms with Gasteiger partial charge >= 0.3 is 0 Å². The molecule has 0 spiro atoms. The molecule has 0 saturated heterocycles. The van der Waals surface area contributed by atoms with Crippen molar-refractivity contribution in [3.05, 3.63) is 40.6 Å². The second-order valence-electron chi connectivity index (χ2n) is 5.61. The van der Waals surface area contributed by atoms with E-state index >= 15 is 0 Å². The number of benzene rings is 1. The molecule has 0 amide bonds. The first-order valence-corrected chi connectivity index (χ1v) is 6.90. The number of aromatic nitrogens is 1. The highest BCUT2D eigenvalue weighted by Crippen LogP contribution is 2.29. The van der Waals surface area contributed by atoms with Crippen molar-refractivity contribution in [2.24, 2.45) is 0 Å². The largest absolute Gasteiger partial charge is 0.356 e.